The molecule has 1 fully saturated rings. The van der Waals surface area contributed by atoms with E-state index in [0.29, 0.717) is 23.7 Å². The number of H-pyrrole nitrogens is 1. The van der Waals surface area contributed by atoms with E-state index in [0.717, 1.165) is 61.0 Å². The van der Waals surface area contributed by atoms with Crippen LogP contribution in [-0.4, -0.2) is 45.5 Å². The van der Waals surface area contributed by atoms with Gasteiger partial charge in [0.05, 0.1) is 16.9 Å². The molecule has 1 aliphatic heterocycles. The summed E-state index contributed by atoms with van der Waals surface area (Å²) >= 11 is 3.05. The molecule has 33 heavy (non-hydrogen) atoms. The number of likely N-dealkylation sites (tertiary alicyclic amines) is 1. The van der Waals surface area contributed by atoms with Gasteiger partial charge in [-0.25, -0.2) is 4.98 Å². The average Bonchev–Trinajstić information content (AvgIpc) is 3.55. The number of hydrogen-bond donors (Lipinski definition) is 2. The van der Waals surface area contributed by atoms with E-state index < -0.39 is 0 Å². The Kier molecular flexibility index (Phi) is 6.50. The zero-order valence-electron chi connectivity index (χ0n) is 18.3. The molecule has 0 atom stereocenters. The Morgan fingerprint density at radius 3 is 2.88 bits per heavy atom. The van der Waals surface area contributed by atoms with Crippen molar-refractivity contribution in [1.29, 1.82) is 0 Å². The Labute approximate surface area is 200 Å². The van der Waals surface area contributed by atoms with Crippen LogP contribution >= 0.6 is 23.1 Å². The fraction of sp³-hybridized carbons (Fsp3) is 0.417. The minimum atomic E-state index is -0.0882. The van der Waals surface area contributed by atoms with E-state index in [1.54, 1.807) is 11.3 Å². The normalized spacial score (nSPS) is 15.2. The number of amides is 2. The Hall–Kier alpha value is -2.65. The summed E-state index contributed by atoms with van der Waals surface area (Å²) in [6.45, 7) is 2.01. The highest BCUT2D eigenvalue weighted by Gasteiger charge is 2.21. The van der Waals surface area contributed by atoms with Gasteiger partial charge in [0.1, 0.15) is 10.7 Å². The smallest absolute Gasteiger partial charge is 0.259 e. The van der Waals surface area contributed by atoms with Gasteiger partial charge < -0.3 is 15.2 Å². The zero-order valence-corrected chi connectivity index (χ0v) is 19.9. The van der Waals surface area contributed by atoms with Gasteiger partial charge in [-0.3, -0.25) is 14.4 Å². The van der Waals surface area contributed by atoms with Crippen LogP contribution in [0.25, 0.3) is 10.2 Å². The SMILES string of the molecule is O=C(CSCc1nc2sc3c(c2c(=O)[nH]1)CCC3)NCc1cccc(C(=O)N2CCCC2)c1. The number of aromatic amines is 1. The van der Waals surface area contributed by atoms with Crippen LogP contribution in [0, 0.1) is 0 Å². The third-order valence-corrected chi connectivity index (χ3v) is 8.28. The van der Waals surface area contributed by atoms with Gasteiger partial charge in [-0.1, -0.05) is 12.1 Å². The molecule has 0 bridgehead atoms. The number of rotatable bonds is 7. The first-order valence-corrected chi connectivity index (χ1v) is 13.3. The molecule has 0 radical (unpaired) electrons. The summed E-state index contributed by atoms with van der Waals surface area (Å²) < 4.78 is 0. The largest absolute Gasteiger partial charge is 0.351 e. The molecule has 5 rings (SSSR count). The molecule has 2 amide bonds. The lowest BCUT2D eigenvalue weighted by molar-refractivity contribution is -0.118. The quantitative estimate of drug-likeness (QED) is 0.539. The number of fused-ring (bicyclic) bond motifs is 3. The highest BCUT2D eigenvalue weighted by Crippen LogP contribution is 2.34. The molecule has 172 valence electrons. The van der Waals surface area contributed by atoms with Crippen molar-refractivity contribution >= 4 is 45.1 Å². The Balaban J connectivity index is 1.12. The minimum absolute atomic E-state index is 0.0608. The molecular formula is C24H26N4O3S2. The number of hydrogen-bond acceptors (Lipinski definition) is 6. The maximum Gasteiger partial charge on any atom is 0.259 e. The first kappa shape index (κ1) is 22.2. The molecule has 0 saturated carbocycles. The van der Waals surface area contributed by atoms with Crippen molar-refractivity contribution in [3.63, 3.8) is 0 Å². The fourth-order valence-corrected chi connectivity index (χ4v) is 6.52. The highest BCUT2D eigenvalue weighted by molar-refractivity contribution is 7.99. The maximum absolute atomic E-state index is 12.6. The number of carbonyl (C=O) groups excluding carboxylic acids is 2. The minimum Gasteiger partial charge on any atom is -0.351 e. The molecule has 0 spiro atoms. The van der Waals surface area contributed by atoms with E-state index in [-0.39, 0.29) is 23.1 Å². The standard InChI is InChI=1S/C24H26N4O3S2/c29-20(25-12-15-5-3-6-16(11-15)24(31)28-9-1-2-10-28)14-32-13-19-26-22(30)21-17-7-4-8-18(17)33-23(21)27-19/h3,5-6,11H,1-2,4,7-10,12-14H2,(H,25,29)(H,26,27,30). The summed E-state index contributed by atoms with van der Waals surface area (Å²) in [4.78, 5) is 48.9. The number of aromatic nitrogens is 2. The molecule has 3 heterocycles. The van der Waals surface area contributed by atoms with Crippen molar-refractivity contribution in [3.8, 4) is 0 Å². The van der Waals surface area contributed by atoms with Crippen LogP contribution in [0.5, 0.6) is 0 Å². The molecule has 1 saturated heterocycles. The van der Waals surface area contributed by atoms with Crippen LogP contribution in [-0.2, 0) is 29.9 Å². The number of benzene rings is 1. The monoisotopic (exact) mass is 482 g/mol. The molecule has 1 aliphatic carbocycles. The maximum atomic E-state index is 12.6. The van der Waals surface area contributed by atoms with Crippen LogP contribution in [0.2, 0.25) is 0 Å². The van der Waals surface area contributed by atoms with Gasteiger partial charge in [-0.05, 0) is 55.4 Å². The molecule has 3 aromatic rings. The van der Waals surface area contributed by atoms with E-state index in [4.69, 9.17) is 0 Å². The van der Waals surface area contributed by atoms with E-state index >= 15 is 0 Å². The number of thiophene rings is 1. The number of nitrogens with zero attached hydrogens (tertiary/aromatic N) is 2. The summed E-state index contributed by atoms with van der Waals surface area (Å²) in [5.41, 5.74) is 2.68. The molecule has 1 aromatic carbocycles. The van der Waals surface area contributed by atoms with Gasteiger partial charge in [0.2, 0.25) is 5.91 Å². The van der Waals surface area contributed by atoms with Crippen molar-refractivity contribution in [2.24, 2.45) is 0 Å². The Morgan fingerprint density at radius 2 is 2.03 bits per heavy atom. The van der Waals surface area contributed by atoms with Gasteiger partial charge in [0, 0.05) is 30.1 Å². The Morgan fingerprint density at radius 1 is 1.18 bits per heavy atom. The zero-order chi connectivity index (χ0) is 22.8. The first-order valence-electron chi connectivity index (χ1n) is 11.3. The van der Waals surface area contributed by atoms with Crippen LogP contribution in [0.1, 0.15) is 51.4 Å². The second-order valence-electron chi connectivity index (χ2n) is 8.52. The highest BCUT2D eigenvalue weighted by atomic mass is 32.2. The topological polar surface area (TPSA) is 95.2 Å². The van der Waals surface area contributed by atoms with Crippen LogP contribution in [0.4, 0.5) is 0 Å². The van der Waals surface area contributed by atoms with E-state index in [1.165, 1.54) is 22.2 Å². The first-order chi connectivity index (χ1) is 16.1. The van der Waals surface area contributed by atoms with Gasteiger partial charge in [-0.2, -0.15) is 0 Å². The molecule has 2 N–H and O–H groups in total. The van der Waals surface area contributed by atoms with Gasteiger partial charge in [-0.15, -0.1) is 23.1 Å². The summed E-state index contributed by atoms with van der Waals surface area (Å²) in [5, 5.41) is 3.67. The van der Waals surface area contributed by atoms with Gasteiger partial charge in [0.15, 0.2) is 0 Å². The van der Waals surface area contributed by atoms with Crippen molar-refractivity contribution in [2.75, 3.05) is 18.8 Å². The van der Waals surface area contributed by atoms with Crippen molar-refractivity contribution < 1.29 is 9.59 Å². The second-order valence-corrected chi connectivity index (χ2v) is 10.6. The van der Waals surface area contributed by atoms with E-state index in [9.17, 15) is 14.4 Å². The van der Waals surface area contributed by atoms with Crippen LogP contribution < -0.4 is 10.9 Å². The lowest BCUT2D eigenvalue weighted by Crippen LogP contribution is -2.28. The second kappa shape index (κ2) is 9.69. The van der Waals surface area contributed by atoms with Gasteiger partial charge >= 0.3 is 0 Å². The van der Waals surface area contributed by atoms with Crippen molar-refractivity contribution in [1.82, 2.24) is 20.2 Å². The predicted octanol–water partition coefficient (Wildman–Crippen LogP) is 3.26. The lowest BCUT2D eigenvalue weighted by atomic mass is 10.1. The van der Waals surface area contributed by atoms with Gasteiger partial charge in [0.25, 0.3) is 11.5 Å². The summed E-state index contributed by atoms with van der Waals surface area (Å²) in [6.07, 6.45) is 5.24. The van der Waals surface area contributed by atoms with Crippen molar-refractivity contribution in [2.45, 2.75) is 44.4 Å². The van der Waals surface area contributed by atoms with Crippen LogP contribution in [0.15, 0.2) is 29.1 Å². The molecular weight excluding hydrogens is 456 g/mol. The number of thioether (sulfide) groups is 1. The Bertz CT molecular complexity index is 1260. The van der Waals surface area contributed by atoms with Crippen molar-refractivity contribution in [3.05, 3.63) is 62.0 Å². The number of aryl methyl sites for hydroxylation is 2. The van der Waals surface area contributed by atoms with E-state index in [1.807, 2.05) is 29.2 Å². The molecule has 9 heteroatoms. The predicted molar refractivity (Wildman–Crippen MR) is 132 cm³/mol. The van der Waals surface area contributed by atoms with Crippen LogP contribution in [0.3, 0.4) is 0 Å². The molecule has 2 aromatic heterocycles. The third-order valence-electron chi connectivity index (χ3n) is 6.15. The fourth-order valence-electron chi connectivity index (χ4n) is 4.52. The van der Waals surface area contributed by atoms with E-state index in [2.05, 4.69) is 15.3 Å². The molecule has 2 aliphatic rings. The lowest BCUT2D eigenvalue weighted by Gasteiger charge is -2.15. The molecule has 0 unspecified atom stereocenters. The number of nitrogens with one attached hydrogen (secondary N) is 2. The third kappa shape index (κ3) is 4.84. The summed E-state index contributed by atoms with van der Waals surface area (Å²) in [6, 6.07) is 7.46. The summed E-state index contributed by atoms with van der Waals surface area (Å²) in [7, 11) is 0. The molecule has 7 nitrogen and oxygen atoms in total. The summed E-state index contributed by atoms with van der Waals surface area (Å²) in [5.74, 6) is 1.33. The average molecular weight is 483 g/mol. The number of carbonyl (C=O) groups is 2.